The monoisotopic (exact) mass is 374 g/mol. The van der Waals surface area contributed by atoms with Crippen molar-refractivity contribution in [1.82, 2.24) is 29.6 Å². The van der Waals surface area contributed by atoms with Gasteiger partial charge in [0, 0.05) is 12.6 Å². The van der Waals surface area contributed by atoms with Crippen molar-refractivity contribution in [3.63, 3.8) is 0 Å². The fraction of sp³-hybridized carbons (Fsp3) is 0.471. The summed E-state index contributed by atoms with van der Waals surface area (Å²) in [7, 11) is 1.57. The summed E-state index contributed by atoms with van der Waals surface area (Å²) in [4.78, 5) is 18.8. The summed E-state index contributed by atoms with van der Waals surface area (Å²) in [6.45, 7) is 3.08. The molecule has 0 saturated heterocycles. The lowest BCUT2D eigenvalue weighted by Gasteiger charge is -2.25. The van der Waals surface area contributed by atoms with Crippen molar-refractivity contribution in [2.75, 3.05) is 19.8 Å². The first kappa shape index (κ1) is 18.9. The zero-order valence-corrected chi connectivity index (χ0v) is 15.5. The molecule has 0 aromatic carbocycles. The second-order valence-electron chi connectivity index (χ2n) is 6.34. The number of carbonyl (C=O) groups excluding carboxylic acids is 1. The Kier molecular flexibility index (Phi) is 5.19. The summed E-state index contributed by atoms with van der Waals surface area (Å²) in [5.41, 5.74) is 0.0987. The van der Waals surface area contributed by atoms with Crippen LogP contribution < -0.4 is 4.74 Å². The van der Waals surface area contributed by atoms with Gasteiger partial charge in [0.15, 0.2) is 23.0 Å². The third kappa shape index (κ3) is 3.28. The van der Waals surface area contributed by atoms with E-state index >= 15 is 0 Å². The highest BCUT2D eigenvalue weighted by Crippen LogP contribution is 2.28. The van der Waals surface area contributed by atoms with E-state index in [0.717, 1.165) is 0 Å². The Bertz CT molecular complexity index is 960. The minimum atomic E-state index is -1.33. The molecule has 0 amide bonds. The minimum Gasteiger partial charge on any atom is -0.490 e. The fourth-order valence-corrected chi connectivity index (χ4v) is 3.03. The van der Waals surface area contributed by atoms with Crippen LogP contribution in [-0.2, 0) is 12.5 Å². The van der Waals surface area contributed by atoms with Gasteiger partial charge in [0.2, 0.25) is 0 Å². The molecular weight excluding hydrogens is 352 g/mol. The van der Waals surface area contributed by atoms with E-state index < -0.39 is 18.6 Å². The number of hydrogen-bond acceptors (Lipinski definition) is 8. The third-order valence-electron chi connectivity index (χ3n) is 4.44. The number of Topliss-reactive ketones (excluding diaryl/α,β-unsaturated/α-hetero) is 1. The summed E-state index contributed by atoms with van der Waals surface area (Å²) < 4.78 is 7.24. The molecular formula is C17H22N6O4. The minimum absolute atomic E-state index is 0.116. The number of nitrogens with zero attached hydrogens (tertiary/aromatic N) is 6. The Balaban J connectivity index is 2.02. The topological polar surface area (TPSA) is 128 Å². The average molecular weight is 374 g/mol. The fourth-order valence-electron chi connectivity index (χ4n) is 3.03. The van der Waals surface area contributed by atoms with Crippen LogP contribution in [0.4, 0.5) is 0 Å². The number of aliphatic hydroxyl groups excluding tert-OH is 2. The third-order valence-corrected chi connectivity index (χ3v) is 4.44. The van der Waals surface area contributed by atoms with Crippen molar-refractivity contribution in [2.24, 2.45) is 7.05 Å². The number of carbonyl (C=O) groups is 1. The van der Waals surface area contributed by atoms with Gasteiger partial charge in [-0.1, -0.05) is 0 Å². The summed E-state index contributed by atoms with van der Waals surface area (Å²) in [6, 6.07) is 3.56. The molecule has 2 N–H and O–H groups in total. The van der Waals surface area contributed by atoms with Gasteiger partial charge in [-0.3, -0.25) is 9.20 Å². The van der Waals surface area contributed by atoms with Gasteiger partial charge in [-0.25, -0.2) is 4.98 Å². The average Bonchev–Trinajstić information content (AvgIpc) is 3.23. The molecule has 0 radical (unpaired) electrons. The first-order chi connectivity index (χ1) is 13.0. The molecule has 0 saturated carbocycles. The number of imidazole rings is 1. The maximum atomic E-state index is 13.1. The number of rotatable bonds is 8. The highest BCUT2D eigenvalue weighted by atomic mass is 16.5. The van der Waals surface area contributed by atoms with Crippen molar-refractivity contribution >= 4 is 11.4 Å². The molecule has 0 atom stereocenters. The van der Waals surface area contributed by atoms with Crippen LogP contribution in [0.5, 0.6) is 5.75 Å². The van der Waals surface area contributed by atoms with Crippen LogP contribution in [0.3, 0.4) is 0 Å². The number of tetrazole rings is 1. The summed E-state index contributed by atoms with van der Waals surface area (Å²) >= 11 is 0. The van der Waals surface area contributed by atoms with E-state index in [4.69, 9.17) is 4.74 Å². The Morgan fingerprint density at radius 1 is 1.33 bits per heavy atom. The van der Waals surface area contributed by atoms with E-state index in [1.165, 1.54) is 4.80 Å². The van der Waals surface area contributed by atoms with E-state index in [-0.39, 0.29) is 18.0 Å². The number of hydrogen-bond donors (Lipinski definition) is 2. The smallest absolute Gasteiger partial charge is 0.185 e. The number of ketones is 1. The van der Waals surface area contributed by atoms with Gasteiger partial charge in [-0.15, -0.1) is 10.2 Å². The molecule has 0 spiro atoms. The maximum absolute atomic E-state index is 13.1. The number of pyridine rings is 1. The number of aryl methyl sites for hydroxylation is 2. The van der Waals surface area contributed by atoms with Gasteiger partial charge in [0.25, 0.3) is 0 Å². The molecule has 3 aromatic heterocycles. The van der Waals surface area contributed by atoms with Crippen LogP contribution in [0.1, 0.15) is 35.4 Å². The molecule has 10 nitrogen and oxygen atoms in total. The molecule has 3 rings (SSSR count). The van der Waals surface area contributed by atoms with Crippen molar-refractivity contribution in [3.05, 3.63) is 35.5 Å². The predicted octanol–water partition coefficient (Wildman–Crippen LogP) is 0.0603. The zero-order chi connectivity index (χ0) is 19.6. The van der Waals surface area contributed by atoms with Gasteiger partial charge in [-0.2, -0.15) is 4.80 Å². The largest absolute Gasteiger partial charge is 0.490 e. The molecule has 144 valence electrons. The first-order valence-corrected chi connectivity index (χ1v) is 8.55. The molecule has 0 unspecified atom stereocenters. The molecule has 0 aliphatic carbocycles. The van der Waals surface area contributed by atoms with Gasteiger partial charge in [-0.05, 0) is 31.2 Å². The molecule has 3 aromatic rings. The van der Waals surface area contributed by atoms with Gasteiger partial charge >= 0.3 is 0 Å². The Morgan fingerprint density at radius 3 is 2.67 bits per heavy atom. The van der Waals surface area contributed by atoms with E-state index in [9.17, 15) is 15.0 Å². The molecule has 10 heteroatoms. The molecule has 27 heavy (non-hydrogen) atoms. The normalized spacial score (nSPS) is 11.9. The maximum Gasteiger partial charge on any atom is 0.185 e. The first-order valence-electron chi connectivity index (χ1n) is 8.55. The quantitative estimate of drug-likeness (QED) is 0.530. The zero-order valence-electron chi connectivity index (χ0n) is 15.5. The molecule has 0 aliphatic rings. The number of ether oxygens (including phenoxy) is 1. The van der Waals surface area contributed by atoms with Gasteiger partial charge in [0.1, 0.15) is 5.69 Å². The summed E-state index contributed by atoms with van der Waals surface area (Å²) in [5, 5.41) is 31.5. The molecule has 0 fully saturated rings. The van der Waals surface area contributed by atoms with E-state index in [2.05, 4.69) is 20.4 Å². The van der Waals surface area contributed by atoms with Crippen LogP contribution in [0, 0.1) is 6.92 Å². The summed E-state index contributed by atoms with van der Waals surface area (Å²) in [6.07, 6.45) is 1.53. The van der Waals surface area contributed by atoms with Gasteiger partial charge < -0.3 is 14.9 Å². The van der Waals surface area contributed by atoms with Crippen LogP contribution in [0.2, 0.25) is 0 Å². The standard InChI is InChI=1S/C17H22N6O4/c1-4-27-13-6-5-7-23-14(11(2)18-15(13)23)12(26)8-17(9-24,10-25)16-19-21-22(3)20-16/h5-7,24-25H,4,8-10H2,1-3H3. The highest BCUT2D eigenvalue weighted by molar-refractivity contribution is 5.97. The van der Waals surface area contributed by atoms with Crippen molar-refractivity contribution in [1.29, 1.82) is 0 Å². The van der Waals surface area contributed by atoms with E-state index in [0.29, 0.717) is 29.4 Å². The molecule has 3 heterocycles. The number of aromatic nitrogens is 6. The lowest BCUT2D eigenvalue weighted by molar-refractivity contribution is 0.0757. The van der Waals surface area contributed by atoms with Crippen LogP contribution in [-0.4, -0.2) is 65.4 Å². The predicted molar refractivity (Wildman–Crippen MR) is 94.7 cm³/mol. The van der Waals surface area contributed by atoms with Crippen LogP contribution >= 0.6 is 0 Å². The Hall–Kier alpha value is -2.85. The SMILES string of the molecule is CCOc1cccn2c(C(=O)CC(CO)(CO)c3nnn(C)n3)c(C)nc12. The second-order valence-corrected chi connectivity index (χ2v) is 6.34. The van der Waals surface area contributed by atoms with E-state index in [1.54, 1.807) is 36.7 Å². The van der Waals surface area contributed by atoms with Crippen molar-refractivity contribution < 1.29 is 19.7 Å². The number of fused-ring (bicyclic) bond motifs is 1. The molecule has 0 bridgehead atoms. The lowest BCUT2D eigenvalue weighted by Crippen LogP contribution is -2.39. The van der Waals surface area contributed by atoms with Gasteiger partial charge in [0.05, 0.1) is 38.0 Å². The number of aliphatic hydroxyl groups is 2. The van der Waals surface area contributed by atoms with Crippen molar-refractivity contribution in [2.45, 2.75) is 25.7 Å². The Morgan fingerprint density at radius 2 is 2.07 bits per heavy atom. The van der Waals surface area contributed by atoms with Crippen LogP contribution in [0.25, 0.3) is 5.65 Å². The lowest BCUT2D eigenvalue weighted by atomic mass is 9.82. The second kappa shape index (κ2) is 7.41. The molecule has 0 aliphatic heterocycles. The Labute approximate surface area is 155 Å². The van der Waals surface area contributed by atoms with Crippen molar-refractivity contribution in [3.8, 4) is 5.75 Å². The van der Waals surface area contributed by atoms with E-state index in [1.807, 2.05) is 6.92 Å². The van der Waals surface area contributed by atoms with Crippen LogP contribution in [0.15, 0.2) is 18.3 Å². The highest BCUT2D eigenvalue weighted by Gasteiger charge is 2.39. The summed E-state index contributed by atoms with van der Waals surface area (Å²) in [5.74, 6) is 0.391.